The van der Waals surface area contributed by atoms with Gasteiger partial charge >= 0.3 is 0 Å². The molecule has 0 saturated carbocycles. The highest BCUT2D eigenvalue weighted by atomic mass is 35.5. The molecule has 2 rings (SSSR count). The normalized spacial score (nSPS) is 10.2. The maximum Gasteiger partial charge on any atom is 0.255 e. The van der Waals surface area contributed by atoms with Crippen LogP contribution >= 0.6 is 23.4 Å². The largest absolute Gasteiger partial charge is 0.326 e. The van der Waals surface area contributed by atoms with Gasteiger partial charge in [0, 0.05) is 28.1 Å². The van der Waals surface area contributed by atoms with Crippen LogP contribution in [-0.4, -0.2) is 17.6 Å². The predicted molar refractivity (Wildman–Crippen MR) is 96.5 cm³/mol. The zero-order valence-corrected chi connectivity index (χ0v) is 14.4. The highest BCUT2D eigenvalue weighted by molar-refractivity contribution is 7.99. The second kappa shape index (κ2) is 8.04. The monoisotopic (exact) mass is 348 g/mol. The molecule has 0 spiro atoms. The van der Waals surface area contributed by atoms with Crippen LogP contribution in [0.15, 0.2) is 47.4 Å². The van der Waals surface area contributed by atoms with Crippen LogP contribution in [0.5, 0.6) is 0 Å². The fourth-order valence-electron chi connectivity index (χ4n) is 1.98. The van der Waals surface area contributed by atoms with Crippen molar-refractivity contribution < 1.29 is 9.59 Å². The van der Waals surface area contributed by atoms with E-state index in [0.717, 1.165) is 10.6 Å². The Hall–Kier alpha value is -1.98. The highest BCUT2D eigenvalue weighted by Crippen LogP contribution is 2.30. The van der Waals surface area contributed by atoms with Gasteiger partial charge in [-0.15, -0.1) is 11.8 Å². The van der Waals surface area contributed by atoms with Crippen molar-refractivity contribution in [2.45, 2.75) is 18.7 Å². The lowest BCUT2D eigenvalue weighted by Crippen LogP contribution is -2.13. The summed E-state index contributed by atoms with van der Waals surface area (Å²) >= 11 is 7.65. The molecule has 0 aliphatic rings. The minimum atomic E-state index is -0.223. The Balaban J connectivity index is 2.15. The predicted octanol–water partition coefficient (Wildman–Crippen LogP) is 4.66. The van der Waals surface area contributed by atoms with Crippen molar-refractivity contribution in [2.75, 3.05) is 16.4 Å². The van der Waals surface area contributed by atoms with Crippen molar-refractivity contribution in [2.24, 2.45) is 0 Å². The summed E-state index contributed by atoms with van der Waals surface area (Å²) in [6.07, 6.45) is 0. The Morgan fingerprint density at radius 3 is 2.39 bits per heavy atom. The van der Waals surface area contributed by atoms with E-state index in [2.05, 4.69) is 10.6 Å². The molecule has 0 aliphatic carbocycles. The van der Waals surface area contributed by atoms with Gasteiger partial charge in [0.05, 0.1) is 5.69 Å². The Bertz CT molecular complexity index is 717. The average molecular weight is 349 g/mol. The molecule has 0 aliphatic heterocycles. The zero-order chi connectivity index (χ0) is 16.8. The fourth-order valence-corrected chi connectivity index (χ4v) is 2.90. The molecule has 23 heavy (non-hydrogen) atoms. The third-order valence-corrected chi connectivity index (χ3v) is 4.15. The third kappa shape index (κ3) is 5.01. The molecule has 0 radical (unpaired) electrons. The molecular weight excluding hydrogens is 332 g/mol. The molecule has 2 N–H and O–H groups in total. The zero-order valence-electron chi connectivity index (χ0n) is 12.9. The summed E-state index contributed by atoms with van der Waals surface area (Å²) in [6, 6.07) is 12.1. The summed E-state index contributed by atoms with van der Waals surface area (Å²) in [5.41, 5.74) is 1.85. The van der Waals surface area contributed by atoms with E-state index < -0.39 is 0 Å². The molecule has 0 fully saturated rings. The number of benzene rings is 2. The Labute approximate surface area is 144 Å². The molecule has 4 nitrogen and oxygen atoms in total. The van der Waals surface area contributed by atoms with Crippen molar-refractivity contribution >= 4 is 46.6 Å². The number of hydrogen-bond acceptors (Lipinski definition) is 3. The lowest BCUT2D eigenvalue weighted by Gasteiger charge is -2.11. The number of rotatable bonds is 5. The highest BCUT2D eigenvalue weighted by Gasteiger charge is 2.10. The van der Waals surface area contributed by atoms with E-state index in [1.165, 1.54) is 6.92 Å². The van der Waals surface area contributed by atoms with Crippen LogP contribution in [0.2, 0.25) is 5.02 Å². The van der Waals surface area contributed by atoms with Gasteiger partial charge in [0.1, 0.15) is 0 Å². The van der Waals surface area contributed by atoms with Crippen molar-refractivity contribution in [1.29, 1.82) is 0 Å². The summed E-state index contributed by atoms with van der Waals surface area (Å²) in [5, 5.41) is 6.11. The quantitative estimate of drug-likeness (QED) is 0.772. The summed E-state index contributed by atoms with van der Waals surface area (Å²) < 4.78 is 0. The maximum absolute atomic E-state index is 12.4. The molecule has 2 aromatic rings. The van der Waals surface area contributed by atoms with Gasteiger partial charge in [-0.1, -0.05) is 18.5 Å². The van der Waals surface area contributed by atoms with Gasteiger partial charge in [0.2, 0.25) is 5.91 Å². The summed E-state index contributed by atoms with van der Waals surface area (Å²) in [6.45, 7) is 3.48. The molecule has 6 heteroatoms. The van der Waals surface area contributed by atoms with E-state index in [1.807, 2.05) is 13.0 Å². The van der Waals surface area contributed by atoms with Crippen LogP contribution in [0.1, 0.15) is 24.2 Å². The van der Waals surface area contributed by atoms with Gasteiger partial charge in [0.15, 0.2) is 0 Å². The molecule has 0 heterocycles. The first-order valence-corrected chi connectivity index (χ1v) is 8.47. The number of halogens is 1. The number of nitrogens with one attached hydrogen (secondary N) is 2. The van der Waals surface area contributed by atoms with E-state index in [4.69, 9.17) is 11.6 Å². The lowest BCUT2D eigenvalue weighted by atomic mass is 10.2. The lowest BCUT2D eigenvalue weighted by molar-refractivity contribution is -0.114. The number of amides is 2. The molecule has 0 unspecified atom stereocenters. The number of hydrogen-bond donors (Lipinski definition) is 2. The number of carbonyl (C=O) groups is 2. The first kappa shape index (κ1) is 17.4. The number of carbonyl (C=O) groups excluding carboxylic acids is 2. The van der Waals surface area contributed by atoms with Crippen molar-refractivity contribution in [3.63, 3.8) is 0 Å². The molecule has 0 aromatic heterocycles. The molecule has 2 aromatic carbocycles. The summed E-state index contributed by atoms with van der Waals surface area (Å²) in [5.74, 6) is 0.526. The topological polar surface area (TPSA) is 58.2 Å². The van der Waals surface area contributed by atoms with Gasteiger partial charge in [-0.3, -0.25) is 9.59 Å². The second-order valence-corrected chi connectivity index (χ2v) is 6.53. The van der Waals surface area contributed by atoms with Crippen molar-refractivity contribution in [1.82, 2.24) is 0 Å². The van der Waals surface area contributed by atoms with Crippen LogP contribution in [-0.2, 0) is 4.79 Å². The van der Waals surface area contributed by atoms with Gasteiger partial charge in [-0.2, -0.15) is 0 Å². The molecule has 120 valence electrons. The van der Waals surface area contributed by atoms with E-state index in [-0.39, 0.29) is 11.8 Å². The second-order valence-electron chi connectivity index (χ2n) is 4.79. The molecular formula is C17H17ClN2O2S. The Morgan fingerprint density at radius 2 is 1.78 bits per heavy atom. The van der Waals surface area contributed by atoms with Crippen LogP contribution < -0.4 is 10.6 Å². The minimum Gasteiger partial charge on any atom is -0.326 e. The minimum absolute atomic E-state index is 0.151. The SMILES string of the molecule is CCSc1ccc(Cl)cc1NC(=O)c1ccc(NC(C)=O)cc1. The van der Waals surface area contributed by atoms with Gasteiger partial charge in [-0.25, -0.2) is 0 Å². The molecule has 2 amide bonds. The van der Waals surface area contributed by atoms with E-state index >= 15 is 0 Å². The molecule has 0 bridgehead atoms. The first-order valence-electron chi connectivity index (χ1n) is 7.11. The standard InChI is InChI=1S/C17H17ClN2O2S/c1-3-23-16-9-6-13(18)10-15(16)20-17(22)12-4-7-14(8-5-12)19-11(2)21/h4-10H,3H2,1-2H3,(H,19,21)(H,20,22). The van der Waals surface area contributed by atoms with Gasteiger partial charge in [-0.05, 0) is 48.2 Å². The van der Waals surface area contributed by atoms with Crippen molar-refractivity contribution in [3.8, 4) is 0 Å². The average Bonchev–Trinajstić information content (AvgIpc) is 2.50. The van der Waals surface area contributed by atoms with Crippen LogP contribution in [0.4, 0.5) is 11.4 Å². The van der Waals surface area contributed by atoms with Gasteiger partial charge < -0.3 is 10.6 Å². The summed E-state index contributed by atoms with van der Waals surface area (Å²) in [7, 11) is 0. The Kier molecular flexibility index (Phi) is 6.07. The number of anilines is 2. The van der Waals surface area contributed by atoms with Crippen molar-refractivity contribution in [3.05, 3.63) is 53.1 Å². The molecule has 0 saturated heterocycles. The first-order chi connectivity index (χ1) is 11.0. The fraction of sp³-hybridized carbons (Fsp3) is 0.176. The van der Waals surface area contributed by atoms with Gasteiger partial charge in [0.25, 0.3) is 5.91 Å². The van der Waals surface area contributed by atoms with E-state index in [0.29, 0.717) is 22.0 Å². The Morgan fingerprint density at radius 1 is 1.09 bits per heavy atom. The van der Waals surface area contributed by atoms with Crippen LogP contribution in [0.25, 0.3) is 0 Å². The molecule has 0 atom stereocenters. The maximum atomic E-state index is 12.4. The third-order valence-electron chi connectivity index (χ3n) is 2.96. The van der Waals surface area contributed by atoms with Crippen LogP contribution in [0, 0.1) is 0 Å². The summed E-state index contributed by atoms with van der Waals surface area (Å²) in [4.78, 5) is 24.3. The number of thioether (sulfide) groups is 1. The van der Waals surface area contributed by atoms with E-state index in [1.54, 1.807) is 48.2 Å². The van der Waals surface area contributed by atoms with E-state index in [9.17, 15) is 9.59 Å². The smallest absolute Gasteiger partial charge is 0.255 e. The van der Waals surface area contributed by atoms with Crippen LogP contribution in [0.3, 0.4) is 0 Å².